The van der Waals surface area contributed by atoms with Crippen molar-refractivity contribution in [2.75, 3.05) is 26.6 Å². The number of halogens is 7. The third-order valence-electron chi connectivity index (χ3n) is 20.8. The zero-order valence-electron chi connectivity index (χ0n) is 62.0. The van der Waals surface area contributed by atoms with Crippen LogP contribution in [0.2, 0.25) is 0 Å². The molecule has 0 saturated heterocycles. The van der Waals surface area contributed by atoms with Gasteiger partial charge in [0.25, 0.3) is 0 Å². The van der Waals surface area contributed by atoms with Crippen LogP contribution in [0.5, 0.6) is 0 Å². The molecule has 5 N–H and O–H groups in total. The highest BCUT2D eigenvalue weighted by Crippen LogP contribution is 2.45. The molecule has 32 heteroatoms. The fraction of sp³-hybridized carbons (Fsp3) is 0.217. The minimum absolute atomic E-state index is 0.0841. The van der Waals surface area contributed by atoms with E-state index in [2.05, 4.69) is 437 Å². The lowest BCUT2D eigenvalue weighted by Gasteiger charge is -2.31. The normalized spacial score (nSPS) is 19.9. The molecule has 10 aromatic carbocycles. The number of nitrogens with one attached hydrogen (secondary N) is 5. The number of tetrazole rings is 5. The maximum atomic E-state index is 4.18. The molecule has 5 aliphatic heterocycles. The molecule has 0 fully saturated rings. The fourth-order valence-electron chi connectivity index (χ4n) is 15.4. The maximum absolute atomic E-state index is 4.18. The van der Waals surface area contributed by atoms with Gasteiger partial charge in [0.05, 0.1) is 60.4 Å². The molecule has 0 radical (unpaired) electrons. The highest BCUT2D eigenvalue weighted by Gasteiger charge is 2.37. The Morgan fingerprint density at radius 1 is 0.270 bits per heavy atom. The molecular formula is C83H74Br6IN25. The SMILES string of the molecule is Brc1cccc(C2CC(c3ccccc3Br)n3nnnc3N2)c1.Brc1cccc(C2CC(c3ccccc3I)n3nnnc3N2)c1.Cc1cccc(C2CC(c3cccc(Br)c3)Nc3nnnn32)c1.Cc1cccc([C@H]2C[C@@H](c3cccc(Br)c3)Nc3nnnn32)c1.Cc1cccc([C@H]2C[C@@H](c3cccc(Br)c3)Nc3nnnn32)c1. The van der Waals surface area contributed by atoms with Crippen LogP contribution in [0.1, 0.15) is 165 Å². The monoisotopic (exact) mass is 2020 g/mol. The van der Waals surface area contributed by atoms with Gasteiger partial charge < -0.3 is 26.6 Å². The third kappa shape index (κ3) is 18.5. The second-order valence-electron chi connectivity index (χ2n) is 28.5. The van der Waals surface area contributed by atoms with Crippen LogP contribution >= 0.6 is 118 Å². The summed E-state index contributed by atoms with van der Waals surface area (Å²) in [6, 6.07) is 85.5. The average Bonchev–Trinajstić information content (AvgIpc) is 1.76. The molecule has 15 aromatic rings. The Balaban J connectivity index is 0.000000108. The predicted molar refractivity (Wildman–Crippen MR) is 472 cm³/mol. The van der Waals surface area contributed by atoms with Gasteiger partial charge in [0.15, 0.2) is 0 Å². The van der Waals surface area contributed by atoms with Crippen LogP contribution in [0.25, 0.3) is 0 Å². The van der Waals surface area contributed by atoms with Crippen molar-refractivity contribution in [2.45, 2.75) is 113 Å². The molecule has 0 amide bonds. The van der Waals surface area contributed by atoms with Gasteiger partial charge >= 0.3 is 0 Å². The van der Waals surface area contributed by atoms with Crippen molar-refractivity contribution < 1.29 is 0 Å². The quantitative estimate of drug-likeness (QED) is 0.0796. The van der Waals surface area contributed by atoms with Gasteiger partial charge in [0, 0.05) is 30.4 Å². The Morgan fingerprint density at radius 3 is 0.791 bits per heavy atom. The molecule has 20 rings (SSSR count). The first-order valence-electron chi connectivity index (χ1n) is 37.2. The summed E-state index contributed by atoms with van der Waals surface area (Å²) in [5.41, 5.74) is 16.0. The first-order valence-corrected chi connectivity index (χ1v) is 43.1. The summed E-state index contributed by atoms with van der Waals surface area (Å²) in [5.74, 6) is 3.56. The van der Waals surface area contributed by atoms with E-state index in [0.29, 0.717) is 29.7 Å². The van der Waals surface area contributed by atoms with E-state index in [1.807, 2.05) is 71.9 Å². The Hall–Kier alpha value is -9.84. The van der Waals surface area contributed by atoms with E-state index in [9.17, 15) is 0 Å². The zero-order valence-corrected chi connectivity index (χ0v) is 73.7. The molecule has 5 aliphatic rings. The van der Waals surface area contributed by atoms with Gasteiger partial charge in [-0.25, -0.2) is 23.4 Å². The molecular weight excluding hydrogens is 1950 g/mol. The van der Waals surface area contributed by atoms with Crippen molar-refractivity contribution in [3.05, 3.63) is 345 Å². The Morgan fingerprint density at radius 2 is 0.513 bits per heavy atom. The second kappa shape index (κ2) is 36.1. The van der Waals surface area contributed by atoms with E-state index in [1.165, 1.54) is 75.9 Å². The molecule has 10 atom stereocenters. The molecule has 5 aromatic heterocycles. The standard InChI is InChI=1S/3C17H16BrN5.C16H13Br2N5.C16H13BrIN5/c3*1-11-4-2-6-13(8-11)16-10-15(12-5-3-7-14(18)9-12)19-17-20-21-22-23(16)17;2*17-11-5-3-4-10(8-11)14-9-15(12-6-1-2-7-13(12)18)23-16(19-14)20-21-22-23/h3*2-9,15-16H,10H2,1H3,(H,19,20,22);2*1-8,14-15H,9H2,(H,19,20,22)/t2*15-,16+;;;/m00.../s1. The Bertz CT molecular complexity index is 5400. The maximum Gasteiger partial charge on any atom is 0.243 e. The summed E-state index contributed by atoms with van der Waals surface area (Å²) in [5, 5.41) is 77.9. The summed E-state index contributed by atoms with van der Waals surface area (Å²) in [4.78, 5) is 0. The second-order valence-corrected chi connectivity index (χ2v) is 35.1. The van der Waals surface area contributed by atoms with Gasteiger partial charge in [-0.2, -0.15) is 0 Å². The first kappa shape index (κ1) is 79.0. The number of fused-ring (bicyclic) bond motifs is 5. The van der Waals surface area contributed by atoms with Crippen LogP contribution in [0.15, 0.2) is 269 Å². The topological polar surface area (TPSA) is 278 Å². The number of hydrogen-bond acceptors (Lipinski definition) is 20. The lowest BCUT2D eigenvalue weighted by Crippen LogP contribution is -2.28. The van der Waals surface area contributed by atoms with E-state index < -0.39 is 0 Å². The van der Waals surface area contributed by atoms with E-state index in [0.717, 1.165) is 58.9 Å². The summed E-state index contributed by atoms with van der Waals surface area (Å²) in [6.45, 7) is 6.32. The average molecular weight is 2030 g/mol. The molecule has 0 saturated carbocycles. The van der Waals surface area contributed by atoms with Gasteiger partial charge in [-0.3, -0.25) is 0 Å². The number of anilines is 5. The number of aromatic nitrogens is 20. The lowest BCUT2D eigenvalue weighted by molar-refractivity contribution is 0.422. The largest absolute Gasteiger partial charge is 0.346 e. The van der Waals surface area contributed by atoms with Crippen LogP contribution < -0.4 is 26.6 Å². The summed E-state index contributed by atoms with van der Waals surface area (Å²) in [6.07, 6.45) is 4.47. The molecule has 0 aliphatic carbocycles. The minimum Gasteiger partial charge on any atom is -0.346 e. The van der Waals surface area contributed by atoms with Crippen molar-refractivity contribution in [1.29, 1.82) is 0 Å². The number of rotatable bonds is 10. The smallest absolute Gasteiger partial charge is 0.243 e. The number of aryl methyl sites for hydroxylation is 3. The molecule has 115 heavy (non-hydrogen) atoms. The van der Waals surface area contributed by atoms with Crippen molar-refractivity contribution in [3.8, 4) is 0 Å². The van der Waals surface area contributed by atoms with Crippen LogP contribution in [0.3, 0.4) is 0 Å². The van der Waals surface area contributed by atoms with Crippen LogP contribution in [0, 0.1) is 24.3 Å². The van der Waals surface area contributed by atoms with Crippen LogP contribution in [-0.2, 0) is 0 Å². The van der Waals surface area contributed by atoms with E-state index in [4.69, 9.17) is 0 Å². The van der Waals surface area contributed by atoms with Gasteiger partial charge in [0.2, 0.25) is 29.7 Å². The Labute approximate surface area is 727 Å². The minimum atomic E-state index is 0.0841. The molecule has 25 nitrogen and oxygen atoms in total. The summed E-state index contributed by atoms with van der Waals surface area (Å²) in [7, 11) is 0. The number of nitrogens with zero attached hydrogens (tertiary/aromatic N) is 20. The molecule has 10 heterocycles. The van der Waals surface area contributed by atoms with Gasteiger partial charge in [0.1, 0.15) is 0 Å². The summed E-state index contributed by atoms with van der Waals surface area (Å²) >= 11 is 23.8. The summed E-state index contributed by atoms with van der Waals surface area (Å²) < 4.78 is 17.0. The number of benzene rings is 10. The van der Waals surface area contributed by atoms with Crippen molar-refractivity contribution in [1.82, 2.24) is 101 Å². The molecule has 0 spiro atoms. The molecule has 6 unspecified atom stereocenters. The fourth-order valence-corrected chi connectivity index (χ4v) is 18.7. The van der Waals surface area contributed by atoms with Crippen molar-refractivity contribution in [2.24, 2.45) is 0 Å². The first-order chi connectivity index (χ1) is 56.1. The highest BCUT2D eigenvalue weighted by atomic mass is 127. The highest BCUT2D eigenvalue weighted by molar-refractivity contribution is 14.1. The van der Waals surface area contributed by atoms with E-state index in [-0.39, 0.29) is 60.4 Å². The van der Waals surface area contributed by atoms with E-state index >= 15 is 0 Å². The number of hydrogen-bond donors (Lipinski definition) is 5. The Kier molecular flexibility index (Phi) is 24.8. The van der Waals surface area contributed by atoms with Gasteiger partial charge in [-0.05, 0) is 256 Å². The third-order valence-corrected chi connectivity index (χ3v) is 25.0. The zero-order chi connectivity index (χ0) is 79.1. The lowest BCUT2D eigenvalue weighted by atomic mass is 9.93. The van der Waals surface area contributed by atoms with Crippen LogP contribution in [-0.4, -0.2) is 101 Å². The van der Waals surface area contributed by atoms with Crippen LogP contribution in [0.4, 0.5) is 29.7 Å². The van der Waals surface area contributed by atoms with Gasteiger partial charge in [-0.1, -0.05) is 308 Å². The van der Waals surface area contributed by atoms with E-state index in [1.54, 1.807) is 0 Å². The van der Waals surface area contributed by atoms with Crippen molar-refractivity contribution in [3.63, 3.8) is 0 Å². The predicted octanol–water partition coefficient (Wildman–Crippen LogP) is 20.2. The molecule has 580 valence electrons. The van der Waals surface area contributed by atoms with Crippen molar-refractivity contribution >= 4 is 148 Å². The molecule has 0 bridgehead atoms. The van der Waals surface area contributed by atoms with Gasteiger partial charge in [-0.15, -0.1) is 0 Å².